The highest BCUT2D eigenvalue weighted by Gasteiger charge is 2.33. The molecule has 4 aromatic rings. The van der Waals surface area contributed by atoms with Gasteiger partial charge in [-0.1, -0.05) is 30.3 Å². The lowest BCUT2D eigenvalue weighted by molar-refractivity contribution is -0.0250. The Hall–Kier alpha value is -4.39. The van der Waals surface area contributed by atoms with Crippen molar-refractivity contribution in [3.8, 4) is 17.4 Å². The number of ether oxygens (including phenoxy) is 3. The normalized spacial score (nSPS) is 20.2. The van der Waals surface area contributed by atoms with Gasteiger partial charge in [0.2, 0.25) is 5.28 Å². The molecule has 2 saturated heterocycles. The number of hydrogen-bond acceptors (Lipinski definition) is 10. The van der Waals surface area contributed by atoms with Crippen molar-refractivity contribution in [3.05, 3.63) is 94.3 Å². The molecular weight excluding hydrogens is 649 g/mol. The van der Waals surface area contributed by atoms with Gasteiger partial charge in [0.25, 0.3) is 11.8 Å². The van der Waals surface area contributed by atoms with Gasteiger partial charge in [0, 0.05) is 69.4 Å². The van der Waals surface area contributed by atoms with E-state index in [2.05, 4.69) is 49.3 Å². The molecule has 0 unspecified atom stereocenters. The summed E-state index contributed by atoms with van der Waals surface area (Å²) in [6.07, 6.45) is 4.15. The standard InChI is InChI=1S/C36H39ClFN7O4/c1-23-21-47-22-24(2)45(23)35(46)28-18-26(38)8-9-31(28)49-34-33(40-36(37)42-41-34)44-16-11-27(12-17-44)48-32-10-14-39-30-13-15-43(20-29(30)32)19-25-6-4-3-5-7-25/h3-10,14,18,23-24,27H,11-13,15-17,19-22H2,1-2H3/t23-,24+. The van der Waals surface area contributed by atoms with Crippen LogP contribution in [0.4, 0.5) is 10.2 Å². The zero-order valence-corrected chi connectivity index (χ0v) is 28.4. The van der Waals surface area contributed by atoms with Gasteiger partial charge < -0.3 is 24.0 Å². The SMILES string of the molecule is C[C@@H]1COC[C@H](C)N1C(=O)c1cc(F)ccc1Oc1nnc(Cl)nc1N1CCC(Oc2ccnc3c2CN(Cc2ccccc2)CC3)CC1. The molecule has 2 aromatic carbocycles. The fourth-order valence-electron chi connectivity index (χ4n) is 6.89. The lowest BCUT2D eigenvalue weighted by Gasteiger charge is -2.39. The van der Waals surface area contributed by atoms with Crippen LogP contribution in [0.3, 0.4) is 0 Å². The number of carbonyl (C=O) groups excluding carboxylic acids is 1. The molecule has 0 spiro atoms. The maximum atomic E-state index is 14.5. The van der Waals surface area contributed by atoms with Crippen LogP contribution in [0.2, 0.25) is 5.28 Å². The number of anilines is 1. The molecule has 3 aliphatic rings. The first kappa shape index (κ1) is 33.1. The first-order valence-electron chi connectivity index (χ1n) is 16.7. The molecule has 0 bridgehead atoms. The highest BCUT2D eigenvalue weighted by Crippen LogP contribution is 2.35. The minimum atomic E-state index is -0.550. The number of nitrogens with zero attached hydrogens (tertiary/aromatic N) is 7. The second-order valence-electron chi connectivity index (χ2n) is 12.9. The van der Waals surface area contributed by atoms with E-state index in [0.29, 0.717) is 32.1 Å². The third-order valence-corrected chi connectivity index (χ3v) is 9.49. The van der Waals surface area contributed by atoms with Gasteiger partial charge in [-0.25, -0.2) is 4.39 Å². The number of morpholine rings is 1. The molecule has 0 saturated carbocycles. The van der Waals surface area contributed by atoms with Crippen LogP contribution in [-0.2, 0) is 24.2 Å². The summed E-state index contributed by atoms with van der Waals surface area (Å²) in [6, 6.07) is 16.0. The van der Waals surface area contributed by atoms with E-state index in [1.165, 1.54) is 23.8 Å². The number of rotatable bonds is 8. The summed E-state index contributed by atoms with van der Waals surface area (Å²) >= 11 is 6.22. The van der Waals surface area contributed by atoms with Crippen molar-refractivity contribution in [2.75, 3.05) is 37.7 Å². The zero-order valence-electron chi connectivity index (χ0n) is 27.6. The average Bonchev–Trinajstić information content (AvgIpc) is 3.10. The Morgan fingerprint density at radius 1 is 1.00 bits per heavy atom. The molecule has 1 amide bonds. The summed E-state index contributed by atoms with van der Waals surface area (Å²) < 4.78 is 32.9. The third kappa shape index (κ3) is 7.46. The first-order chi connectivity index (χ1) is 23.8. The fraction of sp³-hybridized carbons (Fsp3) is 0.417. The van der Waals surface area contributed by atoms with E-state index < -0.39 is 5.82 Å². The molecule has 5 heterocycles. The molecule has 256 valence electrons. The number of pyridine rings is 1. The Morgan fingerprint density at radius 3 is 2.55 bits per heavy atom. The number of fused-ring (bicyclic) bond motifs is 1. The topological polar surface area (TPSA) is 106 Å². The second-order valence-corrected chi connectivity index (χ2v) is 13.2. The van der Waals surface area contributed by atoms with Crippen LogP contribution in [0.15, 0.2) is 60.8 Å². The van der Waals surface area contributed by atoms with Gasteiger partial charge in [-0.3, -0.25) is 14.7 Å². The fourth-order valence-corrected chi connectivity index (χ4v) is 7.00. The Bertz CT molecular complexity index is 1780. The minimum Gasteiger partial charge on any atom is -0.490 e. The van der Waals surface area contributed by atoms with E-state index in [-0.39, 0.29) is 46.6 Å². The largest absolute Gasteiger partial charge is 0.490 e. The highest BCUT2D eigenvalue weighted by molar-refractivity contribution is 6.28. The van der Waals surface area contributed by atoms with Crippen LogP contribution < -0.4 is 14.4 Å². The number of carbonyl (C=O) groups is 1. The van der Waals surface area contributed by atoms with Crippen LogP contribution in [0.5, 0.6) is 17.4 Å². The van der Waals surface area contributed by atoms with Crippen molar-refractivity contribution in [2.24, 2.45) is 0 Å². The number of piperidine rings is 1. The Labute approximate surface area is 290 Å². The van der Waals surface area contributed by atoms with Crippen molar-refractivity contribution < 1.29 is 23.4 Å². The van der Waals surface area contributed by atoms with Crippen LogP contribution in [-0.4, -0.2) is 86.9 Å². The number of hydrogen-bond donors (Lipinski definition) is 0. The predicted molar refractivity (Wildman–Crippen MR) is 182 cm³/mol. The van der Waals surface area contributed by atoms with Gasteiger partial charge in [-0.15, -0.1) is 10.2 Å². The minimum absolute atomic E-state index is 0.0132. The maximum Gasteiger partial charge on any atom is 0.282 e. The van der Waals surface area contributed by atoms with Gasteiger partial charge in [0.1, 0.15) is 23.4 Å². The van der Waals surface area contributed by atoms with Gasteiger partial charge in [0.15, 0.2) is 5.82 Å². The van der Waals surface area contributed by atoms with Gasteiger partial charge in [-0.2, -0.15) is 4.98 Å². The average molecular weight is 688 g/mol. The summed E-state index contributed by atoms with van der Waals surface area (Å²) in [5.41, 5.74) is 3.62. The van der Waals surface area contributed by atoms with E-state index >= 15 is 0 Å². The molecule has 2 aromatic heterocycles. The Kier molecular flexibility index (Phi) is 9.88. The van der Waals surface area contributed by atoms with Crippen molar-refractivity contribution in [2.45, 2.75) is 64.4 Å². The molecule has 13 heteroatoms. The quantitative estimate of drug-likeness (QED) is 0.229. The van der Waals surface area contributed by atoms with Crippen molar-refractivity contribution in [3.63, 3.8) is 0 Å². The molecule has 0 aliphatic carbocycles. The number of amides is 1. The Morgan fingerprint density at radius 2 is 1.78 bits per heavy atom. The van der Waals surface area contributed by atoms with E-state index in [1.807, 2.05) is 37.1 Å². The zero-order chi connectivity index (χ0) is 33.9. The smallest absolute Gasteiger partial charge is 0.282 e. The molecule has 2 fully saturated rings. The summed E-state index contributed by atoms with van der Waals surface area (Å²) in [7, 11) is 0. The maximum absolute atomic E-state index is 14.5. The molecule has 7 rings (SSSR count). The molecule has 3 aliphatic heterocycles. The van der Waals surface area contributed by atoms with E-state index in [0.717, 1.165) is 55.9 Å². The molecule has 11 nitrogen and oxygen atoms in total. The number of halogens is 2. The summed E-state index contributed by atoms with van der Waals surface area (Å²) in [4.78, 5) is 29.0. The number of benzene rings is 2. The van der Waals surface area contributed by atoms with Crippen molar-refractivity contribution >= 4 is 23.3 Å². The van der Waals surface area contributed by atoms with E-state index in [1.54, 1.807) is 4.90 Å². The van der Waals surface area contributed by atoms with Gasteiger partial charge >= 0.3 is 0 Å². The predicted octanol–water partition coefficient (Wildman–Crippen LogP) is 5.71. The summed E-state index contributed by atoms with van der Waals surface area (Å²) in [6.45, 7) is 8.41. The van der Waals surface area contributed by atoms with E-state index in [9.17, 15) is 9.18 Å². The van der Waals surface area contributed by atoms with Crippen LogP contribution in [0, 0.1) is 5.82 Å². The van der Waals surface area contributed by atoms with E-state index in [4.69, 9.17) is 25.8 Å². The lowest BCUT2D eigenvalue weighted by atomic mass is 10.0. The van der Waals surface area contributed by atoms with Crippen LogP contribution in [0.25, 0.3) is 0 Å². The van der Waals surface area contributed by atoms with Crippen LogP contribution >= 0.6 is 11.6 Å². The third-order valence-electron chi connectivity index (χ3n) is 9.33. The lowest BCUT2D eigenvalue weighted by Crippen LogP contribution is -2.52. The highest BCUT2D eigenvalue weighted by atomic mass is 35.5. The summed E-state index contributed by atoms with van der Waals surface area (Å²) in [5, 5.41) is 8.08. The monoisotopic (exact) mass is 687 g/mol. The molecule has 0 radical (unpaired) electrons. The molecular formula is C36H39ClFN7O4. The molecule has 2 atom stereocenters. The first-order valence-corrected chi connectivity index (χ1v) is 17.1. The molecule has 0 N–H and O–H groups in total. The van der Waals surface area contributed by atoms with Crippen molar-refractivity contribution in [1.29, 1.82) is 0 Å². The van der Waals surface area contributed by atoms with Gasteiger partial charge in [0.05, 0.1) is 30.9 Å². The Balaban J connectivity index is 1.04. The van der Waals surface area contributed by atoms with Crippen molar-refractivity contribution in [1.82, 2.24) is 30.0 Å². The number of aromatic nitrogens is 4. The van der Waals surface area contributed by atoms with Gasteiger partial charge in [-0.05, 0) is 55.3 Å². The molecule has 49 heavy (non-hydrogen) atoms. The second kappa shape index (κ2) is 14.6. The summed E-state index contributed by atoms with van der Waals surface area (Å²) in [5.74, 6) is 0.606. The van der Waals surface area contributed by atoms with Crippen LogP contribution in [0.1, 0.15) is 53.9 Å².